The highest BCUT2D eigenvalue weighted by molar-refractivity contribution is 6.36. The van der Waals surface area contributed by atoms with Gasteiger partial charge in [0.25, 0.3) is 35.4 Å². The summed E-state index contributed by atoms with van der Waals surface area (Å²) in [6.45, 7) is 5.62. The lowest BCUT2D eigenvalue weighted by atomic mass is 9.96. The first kappa shape index (κ1) is 41.8. The van der Waals surface area contributed by atoms with E-state index in [1.165, 1.54) is 60.6 Å². The third-order valence-electron chi connectivity index (χ3n) is 13.5. The van der Waals surface area contributed by atoms with Crippen LogP contribution in [0.25, 0.3) is 0 Å². The fraction of sp³-hybridized carbons (Fsp3) is 0.107. The number of hydrogen-bond acceptors (Lipinski definition) is 9. The molecule has 0 atom stereocenters. The molecule has 0 spiro atoms. The molecule has 12 heteroatoms. The van der Waals surface area contributed by atoms with Gasteiger partial charge in [0.2, 0.25) is 0 Å². The SMILES string of the molecule is Cc1ccc(N2Cc3ccc(C(=O)c4ccc5c(c4)C(=O)N(c4ccc(Cc6ccc(N7C(=O)c8ccc(C(=O)c9ccc%10c(c9)C(=O)N(C)C%10=O)cc8C7=O)cc6)cc4)C5=O)cc3C2)cc1C. The number of fused-ring (bicyclic) bond motifs is 4. The molecule has 4 aliphatic heterocycles. The van der Waals surface area contributed by atoms with Crippen LogP contribution in [0.5, 0.6) is 0 Å². The lowest BCUT2D eigenvalue weighted by Gasteiger charge is -2.18. The summed E-state index contributed by atoms with van der Waals surface area (Å²) in [7, 11) is 1.37. The van der Waals surface area contributed by atoms with Gasteiger partial charge in [0.15, 0.2) is 11.6 Å². The molecular formula is C56H38N4O8. The van der Waals surface area contributed by atoms with Crippen molar-refractivity contribution in [2.24, 2.45) is 0 Å². The Morgan fingerprint density at radius 2 is 0.794 bits per heavy atom. The topological polar surface area (TPSA) is 150 Å². The number of nitrogens with zero attached hydrogens (tertiary/aromatic N) is 4. The molecule has 0 radical (unpaired) electrons. The minimum atomic E-state index is -0.588. The van der Waals surface area contributed by atoms with Crippen LogP contribution in [-0.2, 0) is 19.5 Å². The predicted molar refractivity (Wildman–Crippen MR) is 253 cm³/mol. The Hall–Kier alpha value is -8.90. The number of ketones is 2. The number of carbonyl (C=O) groups is 8. The van der Waals surface area contributed by atoms with Gasteiger partial charge in [0.05, 0.1) is 44.8 Å². The van der Waals surface area contributed by atoms with Gasteiger partial charge in [-0.05, 0) is 133 Å². The van der Waals surface area contributed by atoms with Crippen molar-refractivity contribution in [3.05, 3.63) is 229 Å². The van der Waals surface area contributed by atoms with Gasteiger partial charge in [-0.1, -0.05) is 60.7 Å². The van der Waals surface area contributed by atoms with E-state index in [0.717, 1.165) is 49.2 Å². The summed E-state index contributed by atoms with van der Waals surface area (Å²) < 4.78 is 0. The van der Waals surface area contributed by atoms with Gasteiger partial charge in [-0.2, -0.15) is 0 Å². The van der Waals surface area contributed by atoms with Crippen LogP contribution in [0.4, 0.5) is 17.1 Å². The van der Waals surface area contributed by atoms with Crippen LogP contribution in [-0.4, -0.2) is 59.0 Å². The average molecular weight is 895 g/mol. The summed E-state index contributed by atoms with van der Waals surface area (Å²) >= 11 is 0. The fourth-order valence-electron chi connectivity index (χ4n) is 9.47. The number of imide groups is 3. The molecule has 0 saturated heterocycles. The van der Waals surface area contributed by atoms with Crippen molar-refractivity contribution >= 4 is 64.1 Å². The Bertz CT molecular complexity index is 3480. The van der Waals surface area contributed by atoms with Gasteiger partial charge < -0.3 is 4.90 Å². The third kappa shape index (κ3) is 6.67. The van der Waals surface area contributed by atoms with E-state index >= 15 is 0 Å². The van der Waals surface area contributed by atoms with Gasteiger partial charge in [-0.3, -0.25) is 43.3 Å². The lowest BCUT2D eigenvalue weighted by Crippen LogP contribution is -2.29. The van der Waals surface area contributed by atoms with Crippen LogP contribution >= 0.6 is 0 Å². The van der Waals surface area contributed by atoms with Gasteiger partial charge in [-0.25, -0.2) is 9.80 Å². The maximum Gasteiger partial charge on any atom is 0.266 e. The number of benzene rings is 7. The zero-order valence-electron chi connectivity index (χ0n) is 37.0. The zero-order chi connectivity index (χ0) is 47.3. The Labute approximate surface area is 389 Å². The first-order valence-corrected chi connectivity index (χ1v) is 22.0. The molecule has 4 aliphatic rings. The smallest absolute Gasteiger partial charge is 0.266 e. The molecule has 0 aromatic heterocycles. The number of aryl methyl sites for hydroxylation is 2. The highest BCUT2D eigenvalue weighted by Crippen LogP contribution is 2.35. The highest BCUT2D eigenvalue weighted by atomic mass is 16.2. The monoisotopic (exact) mass is 894 g/mol. The first-order valence-electron chi connectivity index (χ1n) is 22.0. The Balaban J connectivity index is 0.741. The molecule has 12 nitrogen and oxygen atoms in total. The number of hydrogen-bond donors (Lipinski definition) is 0. The second kappa shape index (κ2) is 15.6. The van der Waals surface area contributed by atoms with Crippen molar-refractivity contribution in [3.8, 4) is 0 Å². The second-order valence-electron chi connectivity index (χ2n) is 17.6. The van der Waals surface area contributed by atoms with Crippen molar-refractivity contribution in [3.63, 3.8) is 0 Å². The molecule has 6 amide bonds. The van der Waals surface area contributed by atoms with Crippen molar-refractivity contribution < 1.29 is 38.4 Å². The maximum absolute atomic E-state index is 13.8. The van der Waals surface area contributed by atoms with Crippen LogP contribution < -0.4 is 14.7 Å². The molecular weight excluding hydrogens is 857 g/mol. The van der Waals surface area contributed by atoms with E-state index in [0.29, 0.717) is 35.5 Å². The van der Waals surface area contributed by atoms with Crippen LogP contribution in [0.15, 0.2) is 140 Å². The van der Waals surface area contributed by atoms with Gasteiger partial charge >= 0.3 is 0 Å². The van der Waals surface area contributed by atoms with Gasteiger partial charge in [0.1, 0.15) is 0 Å². The second-order valence-corrected chi connectivity index (χ2v) is 17.6. The molecule has 7 aromatic rings. The predicted octanol–water partition coefficient (Wildman–Crippen LogP) is 8.70. The molecule has 0 unspecified atom stereocenters. The first-order chi connectivity index (χ1) is 32.7. The van der Waals surface area contributed by atoms with Gasteiger partial charge in [-0.15, -0.1) is 0 Å². The molecule has 11 rings (SSSR count). The van der Waals surface area contributed by atoms with Crippen molar-refractivity contribution in [2.45, 2.75) is 33.4 Å². The van der Waals surface area contributed by atoms with Crippen molar-refractivity contribution in [1.82, 2.24) is 4.90 Å². The van der Waals surface area contributed by atoms with Crippen molar-refractivity contribution in [2.75, 3.05) is 21.7 Å². The molecule has 68 heavy (non-hydrogen) atoms. The number of rotatable bonds is 9. The van der Waals surface area contributed by atoms with E-state index in [1.54, 1.807) is 48.5 Å². The Kier molecular flexibility index (Phi) is 9.60. The third-order valence-corrected chi connectivity index (χ3v) is 13.5. The summed E-state index contributed by atoms with van der Waals surface area (Å²) in [6, 6.07) is 39.3. The molecule has 0 fully saturated rings. The Morgan fingerprint density at radius 3 is 1.29 bits per heavy atom. The number of amides is 6. The fourth-order valence-corrected chi connectivity index (χ4v) is 9.47. The normalized spacial score (nSPS) is 14.8. The van der Waals surface area contributed by atoms with E-state index in [1.807, 2.05) is 30.3 Å². The van der Waals surface area contributed by atoms with E-state index in [-0.39, 0.29) is 50.3 Å². The van der Waals surface area contributed by atoms with Crippen LogP contribution in [0.2, 0.25) is 0 Å². The minimum absolute atomic E-state index is 0.0697. The summed E-state index contributed by atoms with van der Waals surface area (Å²) in [5, 5.41) is 0. The molecule has 0 aliphatic carbocycles. The average Bonchev–Trinajstić information content (AvgIpc) is 4.04. The lowest BCUT2D eigenvalue weighted by molar-refractivity contribution is 0.0690. The van der Waals surface area contributed by atoms with Crippen LogP contribution in [0.1, 0.15) is 127 Å². The number of carbonyl (C=O) groups excluding carboxylic acids is 8. The van der Waals surface area contributed by atoms with Crippen LogP contribution in [0, 0.1) is 13.8 Å². The molecule has 7 aromatic carbocycles. The van der Waals surface area contributed by atoms with Crippen molar-refractivity contribution in [1.29, 1.82) is 0 Å². The van der Waals surface area contributed by atoms with Gasteiger partial charge in [0, 0.05) is 48.1 Å². The summed E-state index contributed by atoms with van der Waals surface area (Å²) in [6.07, 6.45) is 0.465. The van der Waals surface area contributed by atoms with E-state index < -0.39 is 41.2 Å². The highest BCUT2D eigenvalue weighted by Gasteiger charge is 2.39. The van der Waals surface area contributed by atoms with E-state index in [4.69, 9.17) is 0 Å². The van der Waals surface area contributed by atoms with E-state index in [2.05, 4.69) is 36.9 Å². The standard InChI is InChI=1S/C56H38N4O8/c1-30-4-14-42(22-31(30)2)58-28-38-10-9-34(24-39(38)29-58)49(61)36-12-20-44-47(26-36)55(67)59(53(44)65)40-15-5-32(6-16-40)23-33-7-17-41(18-8-33)60-54(66)45-21-13-37(27-48(45)56(60)68)50(62)35-11-19-43-46(25-35)52(64)57(3)51(43)63/h4-22,24-27H,23,28-29H2,1-3H3. The minimum Gasteiger partial charge on any atom is -0.363 e. The molecule has 0 saturated carbocycles. The zero-order valence-corrected chi connectivity index (χ0v) is 37.0. The molecule has 0 bridgehead atoms. The van der Waals surface area contributed by atoms with E-state index in [9.17, 15) is 38.4 Å². The summed E-state index contributed by atoms with van der Waals surface area (Å²) in [5.41, 5.74) is 10.4. The molecule has 330 valence electrons. The summed E-state index contributed by atoms with van der Waals surface area (Å²) in [5.74, 6) is -3.77. The van der Waals surface area contributed by atoms with Crippen LogP contribution in [0.3, 0.4) is 0 Å². The maximum atomic E-state index is 13.8. The summed E-state index contributed by atoms with van der Waals surface area (Å²) in [4.78, 5) is 112. The quantitative estimate of drug-likeness (QED) is 0.102. The largest absolute Gasteiger partial charge is 0.363 e. The molecule has 0 N–H and O–H groups in total. The number of anilines is 3. The molecule has 4 heterocycles. The Morgan fingerprint density at radius 1 is 0.397 bits per heavy atom.